The molecule has 0 aliphatic rings. The second-order valence-corrected chi connectivity index (χ2v) is 4.53. The molecule has 8 N–H and O–H groups in total. The van der Waals surface area contributed by atoms with Crippen LogP contribution >= 0.6 is 0 Å². The van der Waals surface area contributed by atoms with Crippen LogP contribution in [0.4, 0.5) is 0 Å². The van der Waals surface area contributed by atoms with E-state index in [-0.39, 0.29) is 0 Å². The van der Waals surface area contributed by atoms with Crippen LogP contribution in [0.15, 0.2) is 0 Å². The number of aliphatic hydroxyl groups excluding tert-OH is 7. The summed E-state index contributed by atoms with van der Waals surface area (Å²) in [5.74, 6) is -2.82. The van der Waals surface area contributed by atoms with Crippen molar-refractivity contribution >= 4 is 11.9 Å². The second kappa shape index (κ2) is 9.63. The number of carbonyl (C=O) groups excluding carboxylic acids is 1. The van der Waals surface area contributed by atoms with Gasteiger partial charge in [-0.05, 0) is 0 Å². The fourth-order valence-corrected chi connectivity index (χ4v) is 1.38. The van der Waals surface area contributed by atoms with E-state index in [1.165, 1.54) is 0 Å². The predicted molar refractivity (Wildman–Crippen MR) is 66.3 cm³/mol. The number of carboxylic acids is 1. The van der Waals surface area contributed by atoms with Crippen molar-refractivity contribution in [2.24, 2.45) is 0 Å². The van der Waals surface area contributed by atoms with Crippen LogP contribution in [0.2, 0.25) is 0 Å². The highest BCUT2D eigenvalue weighted by atomic mass is 16.6. The lowest BCUT2D eigenvalue weighted by atomic mass is 10.00. The SMILES string of the molecule is O=C(O)CC(O)C(=O)OCC(O)C(O)C(O)C(O)C(O)CO. The van der Waals surface area contributed by atoms with Crippen molar-refractivity contribution in [1.29, 1.82) is 0 Å². The zero-order valence-electron chi connectivity index (χ0n) is 11.4. The highest BCUT2D eigenvalue weighted by Gasteiger charge is 2.34. The van der Waals surface area contributed by atoms with Crippen LogP contribution in [0.1, 0.15) is 6.42 Å². The van der Waals surface area contributed by atoms with Gasteiger partial charge in [0.15, 0.2) is 6.10 Å². The first-order chi connectivity index (χ1) is 10.1. The number of ether oxygens (including phenoxy) is 1. The summed E-state index contributed by atoms with van der Waals surface area (Å²) in [6.07, 6.45) is -12.6. The number of carboxylic acid groups (broad SMARTS) is 1. The second-order valence-electron chi connectivity index (χ2n) is 4.53. The average Bonchev–Trinajstić information content (AvgIpc) is 2.48. The molecule has 0 spiro atoms. The summed E-state index contributed by atoms with van der Waals surface area (Å²) < 4.78 is 4.34. The first-order valence-electron chi connectivity index (χ1n) is 6.19. The quantitative estimate of drug-likeness (QED) is 0.178. The topological polar surface area (TPSA) is 205 Å². The molecule has 0 fully saturated rings. The van der Waals surface area contributed by atoms with Gasteiger partial charge < -0.3 is 45.6 Å². The molecule has 0 saturated heterocycles. The summed E-state index contributed by atoms with van der Waals surface area (Å²) in [7, 11) is 0. The van der Waals surface area contributed by atoms with Crippen LogP contribution in [0, 0.1) is 0 Å². The van der Waals surface area contributed by atoms with E-state index in [4.69, 9.17) is 20.4 Å². The third-order valence-corrected chi connectivity index (χ3v) is 2.71. The first-order valence-corrected chi connectivity index (χ1v) is 6.19. The molecule has 0 aromatic heterocycles. The van der Waals surface area contributed by atoms with Crippen LogP contribution in [-0.2, 0) is 14.3 Å². The van der Waals surface area contributed by atoms with Crippen molar-refractivity contribution in [2.75, 3.05) is 13.2 Å². The third kappa shape index (κ3) is 6.62. The van der Waals surface area contributed by atoms with E-state index in [2.05, 4.69) is 4.74 Å². The molecule has 0 amide bonds. The monoisotopic (exact) mass is 328 g/mol. The van der Waals surface area contributed by atoms with E-state index in [1.807, 2.05) is 0 Å². The fraction of sp³-hybridized carbons (Fsp3) is 0.818. The number of hydrogen-bond donors (Lipinski definition) is 8. The molecule has 6 unspecified atom stereocenters. The third-order valence-electron chi connectivity index (χ3n) is 2.71. The molecule has 0 rings (SSSR count). The van der Waals surface area contributed by atoms with Gasteiger partial charge in [-0.2, -0.15) is 0 Å². The van der Waals surface area contributed by atoms with E-state index in [1.54, 1.807) is 0 Å². The fourth-order valence-electron chi connectivity index (χ4n) is 1.38. The maximum Gasteiger partial charge on any atom is 0.335 e. The molecule has 0 aromatic carbocycles. The number of rotatable bonds is 10. The molecule has 0 saturated carbocycles. The van der Waals surface area contributed by atoms with Crippen molar-refractivity contribution in [3.8, 4) is 0 Å². The van der Waals surface area contributed by atoms with Gasteiger partial charge >= 0.3 is 11.9 Å². The normalized spacial score (nSPS) is 19.6. The summed E-state index contributed by atoms with van der Waals surface area (Å²) in [6.45, 7) is -1.81. The lowest BCUT2D eigenvalue weighted by Crippen LogP contribution is -2.51. The van der Waals surface area contributed by atoms with Crippen molar-refractivity contribution in [3.63, 3.8) is 0 Å². The minimum absolute atomic E-state index is 0.905. The van der Waals surface area contributed by atoms with Crippen LogP contribution < -0.4 is 0 Å². The lowest BCUT2D eigenvalue weighted by Gasteiger charge is -2.28. The van der Waals surface area contributed by atoms with Crippen molar-refractivity contribution in [1.82, 2.24) is 0 Å². The molecule has 11 heteroatoms. The summed E-state index contributed by atoms with van der Waals surface area (Å²) in [6, 6.07) is 0. The first kappa shape index (κ1) is 20.7. The van der Waals surface area contributed by atoms with Gasteiger partial charge in [-0.3, -0.25) is 4.79 Å². The van der Waals surface area contributed by atoms with Gasteiger partial charge in [0.1, 0.15) is 37.1 Å². The smallest absolute Gasteiger partial charge is 0.335 e. The van der Waals surface area contributed by atoms with E-state index in [9.17, 15) is 30.0 Å². The average molecular weight is 328 g/mol. The maximum atomic E-state index is 11.2. The highest BCUT2D eigenvalue weighted by molar-refractivity contribution is 5.80. The zero-order valence-corrected chi connectivity index (χ0v) is 11.4. The summed E-state index contributed by atoms with van der Waals surface area (Å²) >= 11 is 0. The van der Waals surface area contributed by atoms with Crippen LogP contribution in [0.25, 0.3) is 0 Å². The summed E-state index contributed by atoms with van der Waals surface area (Å²) in [5, 5.41) is 72.8. The van der Waals surface area contributed by atoms with Gasteiger partial charge in [0.2, 0.25) is 0 Å². The van der Waals surface area contributed by atoms with E-state index < -0.39 is 68.2 Å². The summed E-state index contributed by atoms with van der Waals surface area (Å²) in [5.41, 5.74) is 0. The molecule has 0 radical (unpaired) electrons. The Bertz CT molecular complexity index is 360. The molecular formula is C11H20O11. The molecule has 11 nitrogen and oxygen atoms in total. The molecule has 0 aliphatic carbocycles. The van der Waals surface area contributed by atoms with Gasteiger partial charge in [0.25, 0.3) is 0 Å². The number of aliphatic carboxylic acids is 1. The molecule has 0 aromatic rings. The van der Waals surface area contributed by atoms with E-state index in [0.29, 0.717) is 0 Å². The largest absolute Gasteiger partial charge is 0.481 e. The predicted octanol–water partition coefficient (Wildman–Crippen LogP) is -4.84. The van der Waals surface area contributed by atoms with E-state index >= 15 is 0 Å². The van der Waals surface area contributed by atoms with Crippen molar-refractivity contribution < 1.29 is 55.2 Å². The Morgan fingerprint density at radius 2 is 1.36 bits per heavy atom. The Morgan fingerprint density at radius 3 is 1.82 bits per heavy atom. The van der Waals surface area contributed by atoms with Crippen LogP contribution in [-0.4, -0.2) is 103 Å². The zero-order chi connectivity index (χ0) is 17.4. The van der Waals surface area contributed by atoms with Crippen LogP contribution in [0.5, 0.6) is 0 Å². The molecule has 6 atom stereocenters. The Balaban J connectivity index is 4.38. The Kier molecular flexibility index (Phi) is 9.04. The van der Waals surface area contributed by atoms with Gasteiger partial charge in [-0.1, -0.05) is 0 Å². The summed E-state index contributed by atoms with van der Waals surface area (Å²) in [4.78, 5) is 21.4. The molecular weight excluding hydrogens is 308 g/mol. The number of esters is 1. The molecule has 22 heavy (non-hydrogen) atoms. The Morgan fingerprint density at radius 1 is 0.864 bits per heavy atom. The van der Waals surface area contributed by atoms with Crippen molar-refractivity contribution in [3.05, 3.63) is 0 Å². The Labute approximate surface area is 124 Å². The number of aliphatic hydroxyl groups is 7. The van der Waals surface area contributed by atoms with E-state index in [0.717, 1.165) is 0 Å². The number of carbonyl (C=O) groups is 2. The lowest BCUT2D eigenvalue weighted by molar-refractivity contribution is -0.170. The van der Waals surface area contributed by atoms with Gasteiger partial charge in [-0.15, -0.1) is 0 Å². The van der Waals surface area contributed by atoms with Gasteiger partial charge in [0, 0.05) is 0 Å². The van der Waals surface area contributed by atoms with Crippen molar-refractivity contribution in [2.45, 2.75) is 43.0 Å². The molecule has 130 valence electrons. The van der Waals surface area contributed by atoms with Crippen LogP contribution in [0.3, 0.4) is 0 Å². The van der Waals surface area contributed by atoms with Gasteiger partial charge in [0.05, 0.1) is 13.0 Å². The minimum Gasteiger partial charge on any atom is -0.481 e. The molecule has 0 bridgehead atoms. The van der Waals surface area contributed by atoms with Gasteiger partial charge in [-0.25, -0.2) is 4.79 Å². The standard InChI is InChI=1S/C11H20O11/c12-2-5(14)8(18)10(20)9(19)6(15)3-22-11(21)4(13)1-7(16)17/h4-6,8-10,12-15,18-20H,1-3H2,(H,16,17). The maximum absolute atomic E-state index is 11.2. The molecule has 0 aliphatic heterocycles. The number of hydrogen-bond acceptors (Lipinski definition) is 10. The molecule has 0 heterocycles. The minimum atomic E-state index is -2.06. The Hall–Kier alpha value is -1.34. The highest BCUT2D eigenvalue weighted by Crippen LogP contribution is 2.09.